The highest BCUT2D eigenvalue weighted by Crippen LogP contribution is 2.14. The first-order valence-corrected chi connectivity index (χ1v) is 6.51. The van der Waals surface area contributed by atoms with Crippen LogP contribution in [0, 0.1) is 9.49 Å². The van der Waals surface area contributed by atoms with Crippen LogP contribution < -0.4 is 11.1 Å². The summed E-state index contributed by atoms with van der Waals surface area (Å²) in [7, 11) is 0. The van der Waals surface area contributed by atoms with Gasteiger partial charge in [-0.2, -0.15) is 0 Å². The zero-order valence-corrected chi connectivity index (χ0v) is 11.5. The molecule has 0 radical (unpaired) electrons. The quantitative estimate of drug-likeness (QED) is 0.815. The Bertz CT molecular complexity index is 355. The van der Waals surface area contributed by atoms with Crippen molar-refractivity contribution in [2.45, 2.75) is 19.8 Å². The predicted molar refractivity (Wildman–Crippen MR) is 75.2 cm³/mol. The van der Waals surface area contributed by atoms with Crippen LogP contribution in [0.2, 0.25) is 0 Å². The molecule has 1 rings (SSSR count). The largest absolute Gasteiger partial charge is 0.330 e. The van der Waals surface area contributed by atoms with Crippen molar-refractivity contribution < 1.29 is 4.79 Å². The Hall–Kier alpha value is -0.620. The van der Waals surface area contributed by atoms with Crippen LogP contribution in [-0.2, 0) is 4.79 Å². The van der Waals surface area contributed by atoms with E-state index >= 15 is 0 Å². The summed E-state index contributed by atoms with van der Waals surface area (Å²) < 4.78 is 1.11. The summed E-state index contributed by atoms with van der Waals surface area (Å²) >= 11 is 2.22. The van der Waals surface area contributed by atoms with E-state index < -0.39 is 0 Å². The van der Waals surface area contributed by atoms with Gasteiger partial charge in [-0.05, 0) is 47.2 Å². The van der Waals surface area contributed by atoms with Gasteiger partial charge in [-0.3, -0.25) is 4.79 Å². The van der Waals surface area contributed by atoms with E-state index in [0.29, 0.717) is 6.54 Å². The van der Waals surface area contributed by atoms with Crippen LogP contribution in [0.5, 0.6) is 0 Å². The number of nitrogens with two attached hydrogens (primary N) is 1. The maximum absolute atomic E-state index is 11.9. The van der Waals surface area contributed by atoms with E-state index in [9.17, 15) is 4.79 Å². The number of hydrogen-bond acceptors (Lipinski definition) is 2. The summed E-state index contributed by atoms with van der Waals surface area (Å²) in [5.41, 5.74) is 6.42. The van der Waals surface area contributed by atoms with Gasteiger partial charge in [0.15, 0.2) is 0 Å². The Labute approximate surface area is 110 Å². The van der Waals surface area contributed by atoms with Gasteiger partial charge in [0.05, 0.1) is 5.92 Å². The van der Waals surface area contributed by atoms with Gasteiger partial charge in [0, 0.05) is 15.8 Å². The maximum Gasteiger partial charge on any atom is 0.228 e. The number of carbonyl (C=O) groups excluding carboxylic acids is 1. The molecular weight excluding hydrogens is 315 g/mol. The lowest BCUT2D eigenvalue weighted by Gasteiger charge is -2.13. The van der Waals surface area contributed by atoms with E-state index in [4.69, 9.17) is 5.73 Å². The second-order valence-corrected chi connectivity index (χ2v) is 4.97. The second kappa shape index (κ2) is 6.85. The summed E-state index contributed by atoms with van der Waals surface area (Å²) in [5.74, 6) is -0.0609. The molecule has 0 aliphatic rings. The van der Waals surface area contributed by atoms with Crippen molar-refractivity contribution >= 4 is 34.2 Å². The van der Waals surface area contributed by atoms with E-state index in [-0.39, 0.29) is 11.8 Å². The fourth-order valence-electron chi connectivity index (χ4n) is 1.52. The van der Waals surface area contributed by atoms with Crippen molar-refractivity contribution in [3.8, 4) is 0 Å². The summed E-state index contributed by atoms with van der Waals surface area (Å²) in [4.78, 5) is 11.9. The van der Waals surface area contributed by atoms with Crippen LogP contribution in [0.3, 0.4) is 0 Å². The summed E-state index contributed by atoms with van der Waals surface area (Å²) in [6, 6.07) is 7.74. The Morgan fingerprint density at radius 2 is 2.31 bits per heavy atom. The normalized spacial score (nSPS) is 12.2. The third-order valence-electron chi connectivity index (χ3n) is 2.38. The Morgan fingerprint density at radius 1 is 1.56 bits per heavy atom. The lowest BCUT2D eigenvalue weighted by molar-refractivity contribution is -0.119. The van der Waals surface area contributed by atoms with Crippen LogP contribution in [0.25, 0.3) is 0 Å². The fourth-order valence-corrected chi connectivity index (χ4v) is 2.06. The Balaban J connectivity index is 2.62. The van der Waals surface area contributed by atoms with E-state index in [0.717, 1.165) is 22.1 Å². The number of anilines is 1. The third-order valence-corrected chi connectivity index (χ3v) is 3.06. The molecule has 0 aromatic heterocycles. The van der Waals surface area contributed by atoms with Gasteiger partial charge in [-0.1, -0.05) is 19.4 Å². The molecule has 3 N–H and O–H groups in total. The van der Waals surface area contributed by atoms with Crippen LogP contribution in [-0.4, -0.2) is 12.5 Å². The topological polar surface area (TPSA) is 55.1 Å². The molecule has 0 aliphatic carbocycles. The number of hydrogen-bond donors (Lipinski definition) is 2. The van der Waals surface area contributed by atoms with E-state index in [1.165, 1.54) is 0 Å². The number of halogens is 1. The zero-order valence-electron chi connectivity index (χ0n) is 9.37. The summed E-state index contributed by atoms with van der Waals surface area (Å²) in [5, 5.41) is 2.89. The average Bonchev–Trinajstić information content (AvgIpc) is 2.25. The minimum atomic E-state index is -0.0807. The number of amides is 1. The molecule has 1 aromatic carbocycles. The van der Waals surface area contributed by atoms with Crippen molar-refractivity contribution in [3.05, 3.63) is 27.8 Å². The molecule has 16 heavy (non-hydrogen) atoms. The van der Waals surface area contributed by atoms with Gasteiger partial charge in [0.1, 0.15) is 0 Å². The van der Waals surface area contributed by atoms with E-state index in [1.807, 2.05) is 24.3 Å². The summed E-state index contributed by atoms with van der Waals surface area (Å²) in [6.07, 6.45) is 1.81. The van der Waals surface area contributed by atoms with E-state index in [2.05, 4.69) is 34.8 Å². The van der Waals surface area contributed by atoms with Gasteiger partial charge in [0.25, 0.3) is 0 Å². The molecule has 0 saturated carbocycles. The molecule has 4 heteroatoms. The minimum absolute atomic E-state index is 0.0198. The molecule has 1 unspecified atom stereocenters. The first-order valence-electron chi connectivity index (χ1n) is 5.44. The number of benzene rings is 1. The third kappa shape index (κ3) is 4.09. The SMILES string of the molecule is CCCC(CN)C(=O)Nc1cccc(I)c1. The molecule has 0 spiro atoms. The van der Waals surface area contributed by atoms with Gasteiger partial charge in [-0.25, -0.2) is 0 Å². The number of rotatable bonds is 5. The molecule has 1 amide bonds. The average molecular weight is 332 g/mol. The Morgan fingerprint density at radius 3 is 2.88 bits per heavy atom. The highest BCUT2D eigenvalue weighted by Gasteiger charge is 2.15. The molecule has 1 aromatic rings. The lowest BCUT2D eigenvalue weighted by Crippen LogP contribution is -2.29. The highest BCUT2D eigenvalue weighted by atomic mass is 127. The molecular formula is C12H17IN2O. The van der Waals surface area contributed by atoms with Crippen LogP contribution in [0.4, 0.5) is 5.69 Å². The standard InChI is InChI=1S/C12H17IN2O/c1-2-4-9(8-14)12(16)15-11-6-3-5-10(13)7-11/h3,5-7,9H,2,4,8,14H2,1H3,(H,15,16). The Kier molecular flexibility index (Phi) is 5.76. The number of carbonyl (C=O) groups is 1. The zero-order chi connectivity index (χ0) is 12.0. The van der Waals surface area contributed by atoms with Gasteiger partial charge in [0.2, 0.25) is 5.91 Å². The minimum Gasteiger partial charge on any atom is -0.330 e. The lowest BCUT2D eigenvalue weighted by atomic mass is 10.0. The molecule has 3 nitrogen and oxygen atoms in total. The molecule has 0 bridgehead atoms. The molecule has 0 saturated heterocycles. The fraction of sp³-hybridized carbons (Fsp3) is 0.417. The van der Waals surface area contributed by atoms with Crippen molar-refractivity contribution in [2.24, 2.45) is 11.7 Å². The van der Waals surface area contributed by atoms with Crippen molar-refractivity contribution in [1.82, 2.24) is 0 Å². The second-order valence-electron chi connectivity index (χ2n) is 3.72. The molecule has 1 atom stereocenters. The van der Waals surface area contributed by atoms with Crippen molar-refractivity contribution in [2.75, 3.05) is 11.9 Å². The van der Waals surface area contributed by atoms with Crippen LogP contribution >= 0.6 is 22.6 Å². The predicted octanol–water partition coefficient (Wildman–Crippen LogP) is 2.60. The van der Waals surface area contributed by atoms with Gasteiger partial charge in [-0.15, -0.1) is 0 Å². The molecule has 0 heterocycles. The van der Waals surface area contributed by atoms with Crippen molar-refractivity contribution in [3.63, 3.8) is 0 Å². The molecule has 0 aliphatic heterocycles. The van der Waals surface area contributed by atoms with Crippen LogP contribution in [0.1, 0.15) is 19.8 Å². The van der Waals surface area contributed by atoms with E-state index in [1.54, 1.807) is 0 Å². The smallest absolute Gasteiger partial charge is 0.228 e. The molecule has 0 fully saturated rings. The van der Waals surface area contributed by atoms with Gasteiger partial charge >= 0.3 is 0 Å². The summed E-state index contributed by atoms with van der Waals surface area (Å²) in [6.45, 7) is 2.46. The monoisotopic (exact) mass is 332 g/mol. The first kappa shape index (κ1) is 13.4. The molecule has 88 valence electrons. The highest BCUT2D eigenvalue weighted by molar-refractivity contribution is 14.1. The van der Waals surface area contributed by atoms with Crippen molar-refractivity contribution in [1.29, 1.82) is 0 Å². The first-order chi connectivity index (χ1) is 7.67. The number of nitrogens with one attached hydrogen (secondary N) is 1. The maximum atomic E-state index is 11.9. The van der Waals surface area contributed by atoms with Crippen LogP contribution in [0.15, 0.2) is 24.3 Å². The van der Waals surface area contributed by atoms with Gasteiger partial charge < -0.3 is 11.1 Å².